The van der Waals surface area contributed by atoms with Gasteiger partial charge in [-0.2, -0.15) is 0 Å². The lowest BCUT2D eigenvalue weighted by Crippen LogP contribution is -2.46. The molecule has 0 radical (unpaired) electrons. The van der Waals surface area contributed by atoms with Crippen molar-refractivity contribution in [1.82, 2.24) is 19.5 Å². The molecule has 1 saturated heterocycles. The summed E-state index contributed by atoms with van der Waals surface area (Å²) in [6.45, 7) is 0. The third-order valence-electron chi connectivity index (χ3n) is 3.27. The Balaban J connectivity index is 1.94. The topological polar surface area (TPSA) is 155 Å². The Morgan fingerprint density at radius 2 is 2.15 bits per heavy atom. The van der Waals surface area contributed by atoms with Crippen LogP contribution in [-0.2, 0) is 9.57 Å². The Labute approximate surface area is 112 Å². The van der Waals surface area contributed by atoms with E-state index in [-0.39, 0.29) is 0 Å². The van der Waals surface area contributed by atoms with Gasteiger partial charge in [0.1, 0.15) is 30.2 Å². The van der Waals surface area contributed by atoms with Crippen LogP contribution in [0.4, 0.5) is 0 Å². The fraction of sp³-hybridized carbons (Fsp3) is 0.500. The summed E-state index contributed by atoms with van der Waals surface area (Å²) in [4.78, 5) is 16.4. The number of aromatic nitrogens is 4. The molecule has 2 aromatic rings. The molecule has 20 heavy (non-hydrogen) atoms. The van der Waals surface area contributed by atoms with Gasteiger partial charge in [0.2, 0.25) is 0 Å². The van der Waals surface area contributed by atoms with Crippen molar-refractivity contribution in [3.8, 4) is 0 Å². The fourth-order valence-corrected chi connectivity index (χ4v) is 2.24. The van der Waals surface area contributed by atoms with Gasteiger partial charge in [0.05, 0.1) is 12.5 Å². The first-order chi connectivity index (χ1) is 9.63. The largest absolute Gasteiger partial charge is 0.387 e. The molecule has 1 unspecified atom stereocenters. The lowest BCUT2D eigenvalue weighted by atomic mass is 10.1. The van der Waals surface area contributed by atoms with Gasteiger partial charge in [0, 0.05) is 0 Å². The molecule has 3 heterocycles. The zero-order valence-electron chi connectivity index (χ0n) is 10.3. The van der Waals surface area contributed by atoms with Gasteiger partial charge in [-0.15, -0.1) is 0 Å². The van der Waals surface area contributed by atoms with Crippen LogP contribution < -0.4 is 11.6 Å². The van der Waals surface area contributed by atoms with Gasteiger partial charge < -0.3 is 20.7 Å². The molecule has 0 spiro atoms. The number of hydrogen-bond acceptors (Lipinski definition) is 9. The number of ether oxygens (including phenoxy) is 1. The second-order valence-electron chi connectivity index (χ2n) is 4.46. The Morgan fingerprint density at radius 1 is 1.35 bits per heavy atom. The lowest BCUT2D eigenvalue weighted by molar-refractivity contribution is -0.106. The molecular formula is C10H14N6O4. The van der Waals surface area contributed by atoms with Crippen LogP contribution in [0.1, 0.15) is 6.23 Å². The number of aliphatic hydroxyl groups is 2. The van der Waals surface area contributed by atoms with E-state index in [4.69, 9.17) is 16.4 Å². The van der Waals surface area contributed by atoms with Crippen LogP contribution in [0.5, 0.6) is 0 Å². The zero-order chi connectivity index (χ0) is 14.3. The average molecular weight is 282 g/mol. The molecule has 10 heteroatoms. The minimum atomic E-state index is -1.24. The van der Waals surface area contributed by atoms with Gasteiger partial charge in [0.15, 0.2) is 18.1 Å². The number of nitrogens with zero attached hydrogens (tertiary/aromatic N) is 4. The van der Waals surface area contributed by atoms with Crippen molar-refractivity contribution in [3.05, 3.63) is 18.9 Å². The highest BCUT2D eigenvalue weighted by Gasteiger charge is 2.47. The highest BCUT2D eigenvalue weighted by atomic mass is 16.7. The third-order valence-corrected chi connectivity index (χ3v) is 3.27. The van der Waals surface area contributed by atoms with Gasteiger partial charge in [-0.25, -0.2) is 20.8 Å². The quantitative estimate of drug-likeness (QED) is 0.356. The molecule has 0 bridgehead atoms. The first-order valence-corrected chi connectivity index (χ1v) is 5.88. The minimum Gasteiger partial charge on any atom is -0.387 e. The Kier molecular flexibility index (Phi) is 3.33. The smallest absolute Gasteiger partial charge is 0.165 e. The number of rotatable bonds is 3. The molecule has 3 rings (SSSR count). The second-order valence-corrected chi connectivity index (χ2v) is 4.46. The average Bonchev–Trinajstić information content (AvgIpc) is 3.01. The van der Waals surface area contributed by atoms with E-state index in [1.807, 2.05) is 0 Å². The Morgan fingerprint density at radius 3 is 2.90 bits per heavy atom. The van der Waals surface area contributed by atoms with Crippen LogP contribution in [0.2, 0.25) is 0 Å². The molecule has 108 valence electrons. The molecule has 6 N–H and O–H groups in total. The molecule has 0 aromatic carbocycles. The molecule has 10 nitrogen and oxygen atoms in total. The van der Waals surface area contributed by atoms with Crippen molar-refractivity contribution in [3.63, 3.8) is 0 Å². The van der Waals surface area contributed by atoms with Gasteiger partial charge in [-0.1, -0.05) is 0 Å². The van der Waals surface area contributed by atoms with Crippen LogP contribution >= 0.6 is 0 Å². The molecule has 2 aromatic heterocycles. The van der Waals surface area contributed by atoms with E-state index in [9.17, 15) is 10.2 Å². The highest BCUT2D eigenvalue weighted by molar-refractivity contribution is 5.68. The van der Waals surface area contributed by atoms with Crippen LogP contribution in [0, 0.1) is 0 Å². The van der Waals surface area contributed by atoms with Gasteiger partial charge in [-0.3, -0.25) is 9.40 Å². The van der Waals surface area contributed by atoms with E-state index < -0.39 is 30.8 Å². The van der Waals surface area contributed by atoms with Gasteiger partial charge in [-0.05, 0) is 0 Å². The predicted molar refractivity (Wildman–Crippen MR) is 64.5 cm³/mol. The van der Waals surface area contributed by atoms with Crippen molar-refractivity contribution < 1.29 is 19.8 Å². The Bertz CT molecular complexity index is 606. The van der Waals surface area contributed by atoms with E-state index >= 15 is 0 Å². The van der Waals surface area contributed by atoms with Crippen molar-refractivity contribution in [2.24, 2.45) is 11.6 Å². The number of aliphatic hydroxyl groups excluding tert-OH is 2. The SMILES string of the molecule is NOC(N)[C@H]1O[C@@H](n2cnc3cncnc32)[C@H](O)[C@@H]1O. The van der Waals surface area contributed by atoms with E-state index in [0.29, 0.717) is 11.2 Å². The maximum absolute atomic E-state index is 10.1. The van der Waals surface area contributed by atoms with Crippen molar-refractivity contribution in [2.75, 3.05) is 0 Å². The summed E-state index contributed by atoms with van der Waals surface area (Å²) >= 11 is 0. The minimum absolute atomic E-state index is 0.471. The second kappa shape index (κ2) is 5.01. The fourth-order valence-electron chi connectivity index (χ4n) is 2.24. The van der Waals surface area contributed by atoms with Crippen molar-refractivity contribution in [2.45, 2.75) is 30.8 Å². The van der Waals surface area contributed by atoms with Crippen molar-refractivity contribution in [1.29, 1.82) is 0 Å². The summed E-state index contributed by atoms with van der Waals surface area (Å²) in [5.74, 6) is 4.98. The van der Waals surface area contributed by atoms with E-state index in [1.54, 1.807) is 0 Å². The zero-order valence-corrected chi connectivity index (χ0v) is 10.3. The molecule has 1 aliphatic heterocycles. The number of imidazole rings is 1. The van der Waals surface area contributed by atoms with E-state index in [0.717, 1.165) is 0 Å². The predicted octanol–water partition coefficient (Wildman–Crippen LogP) is -2.38. The standard InChI is InChI=1S/C10H14N6O4/c11-8(20-12)7-5(17)6(18)10(19-7)16-3-15-4-1-13-2-14-9(4)16/h1-3,5-8,10,17-18H,11-12H2/t5-,6+,7-,8?,10+/m0/s1. The summed E-state index contributed by atoms with van der Waals surface area (Å²) in [6.07, 6.45) is -1.04. The highest BCUT2D eigenvalue weighted by Crippen LogP contribution is 2.32. The van der Waals surface area contributed by atoms with Crippen molar-refractivity contribution >= 4 is 11.2 Å². The molecule has 5 atom stereocenters. The molecule has 0 saturated carbocycles. The molecule has 0 aliphatic carbocycles. The normalized spacial score (nSPS) is 31.8. The third kappa shape index (κ3) is 1.95. The first kappa shape index (κ1) is 13.3. The summed E-state index contributed by atoms with van der Waals surface area (Å²) in [5.41, 5.74) is 6.58. The maximum atomic E-state index is 10.1. The monoisotopic (exact) mass is 282 g/mol. The molecule has 0 amide bonds. The summed E-state index contributed by atoms with van der Waals surface area (Å²) in [5, 5.41) is 20.0. The lowest BCUT2D eigenvalue weighted by Gasteiger charge is -2.19. The van der Waals surface area contributed by atoms with Crippen LogP contribution in [0.15, 0.2) is 18.9 Å². The number of nitrogens with two attached hydrogens (primary N) is 2. The van der Waals surface area contributed by atoms with Gasteiger partial charge in [0.25, 0.3) is 0 Å². The van der Waals surface area contributed by atoms with E-state index in [2.05, 4.69) is 19.8 Å². The maximum Gasteiger partial charge on any atom is 0.165 e. The van der Waals surface area contributed by atoms with E-state index in [1.165, 1.54) is 23.4 Å². The molecule has 1 aliphatic rings. The van der Waals surface area contributed by atoms with Crippen LogP contribution in [0.3, 0.4) is 0 Å². The first-order valence-electron chi connectivity index (χ1n) is 5.88. The van der Waals surface area contributed by atoms with Gasteiger partial charge >= 0.3 is 0 Å². The summed E-state index contributed by atoms with van der Waals surface area (Å²) < 4.78 is 7.02. The number of hydrogen-bond donors (Lipinski definition) is 4. The Hall–Kier alpha value is -1.69. The van der Waals surface area contributed by atoms with Crippen LogP contribution in [0.25, 0.3) is 11.2 Å². The summed E-state index contributed by atoms with van der Waals surface area (Å²) in [6, 6.07) is 0. The number of fused-ring (bicyclic) bond motifs is 1. The summed E-state index contributed by atoms with van der Waals surface area (Å²) in [7, 11) is 0. The van der Waals surface area contributed by atoms with Crippen LogP contribution in [-0.4, -0.2) is 54.3 Å². The molecular weight excluding hydrogens is 268 g/mol. The molecule has 1 fully saturated rings.